The average molecular weight is 406 g/mol. The van der Waals surface area contributed by atoms with Crippen molar-refractivity contribution in [2.45, 2.75) is 20.4 Å². The molecule has 0 spiro atoms. The van der Waals surface area contributed by atoms with Crippen LogP contribution in [0.25, 0.3) is 11.3 Å². The number of nitrogens with one attached hydrogen (secondary N) is 1. The minimum atomic E-state index is 0.399. The van der Waals surface area contributed by atoms with Crippen LogP contribution in [0.15, 0.2) is 58.3 Å². The van der Waals surface area contributed by atoms with Gasteiger partial charge < -0.3 is 19.5 Å². The van der Waals surface area contributed by atoms with Crippen LogP contribution in [0.2, 0.25) is 0 Å². The SMILES string of the molecule is CCNC(=NCc1ncc(-c2ccc(C)cc2)o1)N1CCN(c2ncccn2)CC1. The van der Waals surface area contributed by atoms with Crippen molar-refractivity contribution in [3.05, 3.63) is 60.4 Å². The van der Waals surface area contributed by atoms with Crippen molar-refractivity contribution in [1.82, 2.24) is 25.2 Å². The minimum Gasteiger partial charge on any atom is -0.439 e. The van der Waals surface area contributed by atoms with Crippen molar-refractivity contribution < 1.29 is 4.42 Å². The summed E-state index contributed by atoms with van der Waals surface area (Å²) >= 11 is 0. The van der Waals surface area contributed by atoms with E-state index in [2.05, 4.69) is 56.0 Å². The fourth-order valence-electron chi connectivity index (χ4n) is 3.38. The largest absolute Gasteiger partial charge is 0.439 e. The summed E-state index contributed by atoms with van der Waals surface area (Å²) in [6, 6.07) is 10.1. The average Bonchev–Trinajstić information content (AvgIpc) is 3.27. The van der Waals surface area contributed by atoms with Gasteiger partial charge in [0, 0.05) is 50.7 Å². The zero-order valence-corrected chi connectivity index (χ0v) is 17.5. The Balaban J connectivity index is 1.39. The fraction of sp³-hybridized carbons (Fsp3) is 0.364. The summed E-state index contributed by atoms with van der Waals surface area (Å²) in [5.74, 6) is 3.03. The summed E-state index contributed by atoms with van der Waals surface area (Å²) < 4.78 is 5.91. The second-order valence-corrected chi connectivity index (χ2v) is 7.18. The molecule has 1 aliphatic rings. The van der Waals surface area contributed by atoms with Crippen LogP contribution in [0.1, 0.15) is 18.4 Å². The van der Waals surface area contributed by atoms with Crippen LogP contribution in [0.4, 0.5) is 5.95 Å². The zero-order valence-electron chi connectivity index (χ0n) is 17.5. The molecule has 4 rings (SSSR count). The maximum Gasteiger partial charge on any atom is 0.225 e. The predicted molar refractivity (Wildman–Crippen MR) is 117 cm³/mol. The summed E-state index contributed by atoms with van der Waals surface area (Å²) in [5.41, 5.74) is 2.24. The maximum absolute atomic E-state index is 5.91. The van der Waals surface area contributed by atoms with E-state index >= 15 is 0 Å². The van der Waals surface area contributed by atoms with Crippen LogP contribution in [-0.4, -0.2) is 58.5 Å². The second-order valence-electron chi connectivity index (χ2n) is 7.18. The molecule has 0 atom stereocenters. The first-order valence-corrected chi connectivity index (χ1v) is 10.3. The number of hydrogen-bond donors (Lipinski definition) is 1. The number of benzene rings is 1. The molecule has 3 aromatic rings. The second kappa shape index (κ2) is 9.39. The molecule has 1 saturated heterocycles. The standard InChI is InChI=1S/C22H27N7O/c1-3-23-21(28-11-13-29(14-12-28)22-24-9-4-10-25-22)27-16-20-26-15-19(30-20)18-7-5-17(2)6-8-18/h4-10,15H,3,11-14,16H2,1-2H3,(H,23,27). The lowest BCUT2D eigenvalue weighted by atomic mass is 10.1. The zero-order chi connectivity index (χ0) is 20.8. The molecule has 0 aliphatic carbocycles. The van der Waals surface area contributed by atoms with Crippen molar-refractivity contribution >= 4 is 11.9 Å². The van der Waals surface area contributed by atoms with Gasteiger partial charge in [0.05, 0.1) is 6.20 Å². The molecule has 0 unspecified atom stereocenters. The molecule has 1 aromatic carbocycles. The van der Waals surface area contributed by atoms with Crippen molar-refractivity contribution in [2.75, 3.05) is 37.6 Å². The number of piperazine rings is 1. The van der Waals surface area contributed by atoms with E-state index in [9.17, 15) is 0 Å². The number of aliphatic imine (C=N–C) groups is 1. The summed E-state index contributed by atoms with van der Waals surface area (Å²) in [5, 5.41) is 3.38. The Labute approximate surface area is 176 Å². The number of nitrogens with zero attached hydrogens (tertiary/aromatic N) is 6. The molecule has 0 bridgehead atoms. The van der Waals surface area contributed by atoms with Crippen molar-refractivity contribution in [3.8, 4) is 11.3 Å². The summed E-state index contributed by atoms with van der Waals surface area (Å²) in [6.45, 7) is 8.76. The molecule has 0 saturated carbocycles. The molecular formula is C22H27N7O. The Morgan fingerprint density at radius 1 is 1.07 bits per heavy atom. The van der Waals surface area contributed by atoms with Crippen LogP contribution < -0.4 is 10.2 Å². The van der Waals surface area contributed by atoms with Gasteiger partial charge in [0.25, 0.3) is 0 Å². The topological polar surface area (TPSA) is 82.7 Å². The number of oxazole rings is 1. The number of hydrogen-bond acceptors (Lipinski definition) is 6. The van der Waals surface area contributed by atoms with E-state index in [1.807, 2.05) is 18.2 Å². The lowest BCUT2D eigenvalue weighted by molar-refractivity contribution is 0.369. The van der Waals surface area contributed by atoms with E-state index in [-0.39, 0.29) is 0 Å². The lowest BCUT2D eigenvalue weighted by Crippen LogP contribution is -2.53. The fourth-order valence-corrected chi connectivity index (χ4v) is 3.38. The van der Waals surface area contributed by atoms with Gasteiger partial charge in [0.2, 0.25) is 11.8 Å². The highest BCUT2D eigenvalue weighted by atomic mass is 16.4. The van der Waals surface area contributed by atoms with Crippen LogP contribution in [0, 0.1) is 6.92 Å². The third-order valence-corrected chi connectivity index (χ3v) is 5.00. The van der Waals surface area contributed by atoms with Gasteiger partial charge in [-0.2, -0.15) is 0 Å². The van der Waals surface area contributed by atoms with Gasteiger partial charge in [-0.15, -0.1) is 0 Å². The normalized spacial score (nSPS) is 14.8. The van der Waals surface area contributed by atoms with E-state index in [4.69, 9.17) is 9.41 Å². The first-order valence-electron chi connectivity index (χ1n) is 10.3. The molecule has 1 aliphatic heterocycles. The number of anilines is 1. The van der Waals surface area contributed by atoms with Crippen LogP contribution in [0.3, 0.4) is 0 Å². The monoisotopic (exact) mass is 405 g/mol. The lowest BCUT2D eigenvalue weighted by Gasteiger charge is -2.36. The number of aryl methyl sites for hydroxylation is 1. The highest BCUT2D eigenvalue weighted by Gasteiger charge is 2.21. The van der Waals surface area contributed by atoms with Crippen molar-refractivity contribution in [2.24, 2.45) is 4.99 Å². The minimum absolute atomic E-state index is 0.399. The summed E-state index contributed by atoms with van der Waals surface area (Å²) in [4.78, 5) is 22.3. The van der Waals surface area contributed by atoms with Crippen LogP contribution in [-0.2, 0) is 6.54 Å². The van der Waals surface area contributed by atoms with Crippen molar-refractivity contribution in [3.63, 3.8) is 0 Å². The van der Waals surface area contributed by atoms with Gasteiger partial charge >= 0.3 is 0 Å². The van der Waals surface area contributed by atoms with Crippen LogP contribution in [0.5, 0.6) is 0 Å². The Hall–Kier alpha value is -3.42. The Kier molecular flexibility index (Phi) is 6.22. The maximum atomic E-state index is 5.91. The van der Waals surface area contributed by atoms with E-state index in [1.54, 1.807) is 18.6 Å². The first kappa shape index (κ1) is 19.9. The third kappa shape index (κ3) is 4.76. The van der Waals surface area contributed by atoms with E-state index in [0.717, 1.165) is 56.0 Å². The molecule has 1 fully saturated rings. The van der Waals surface area contributed by atoms with Gasteiger partial charge in [-0.25, -0.2) is 19.9 Å². The van der Waals surface area contributed by atoms with Gasteiger partial charge in [-0.05, 0) is 19.9 Å². The van der Waals surface area contributed by atoms with Gasteiger partial charge in [-0.3, -0.25) is 0 Å². The molecule has 30 heavy (non-hydrogen) atoms. The molecule has 1 N–H and O–H groups in total. The van der Waals surface area contributed by atoms with E-state index in [1.165, 1.54) is 5.56 Å². The molecular weight excluding hydrogens is 378 g/mol. The van der Waals surface area contributed by atoms with Gasteiger partial charge in [-0.1, -0.05) is 29.8 Å². The van der Waals surface area contributed by atoms with E-state index in [0.29, 0.717) is 12.4 Å². The number of aromatic nitrogens is 3. The quantitative estimate of drug-likeness (QED) is 0.516. The molecule has 2 aromatic heterocycles. The smallest absolute Gasteiger partial charge is 0.225 e. The third-order valence-electron chi connectivity index (χ3n) is 5.00. The Bertz CT molecular complexity index is 961. The van der Waals surface area contributed by atoms with E-state index < -0.39 is 0 Å². The molecule has 156 valence electrons. The summed E-state index contributed by atoms with van der Waals surface area (Å²) in [7, 11) is 0. The van der Waals surface area contributed by atoms with Crippen LogP contribution >= 0.6 is 0 Å². The Morgan fingerprint density at radius 2 is 1.80 bits per heavy atom. The highest BCUT2D eigenvalue weighted by Crippen LogP contribution is 2.21. The van der Waals surface area contributed by atoms with Gasteiger partial charge in [0.1, 0.15) is 6.54 Å². The highest BCUT2D eigenvalue weighted by molar-refractivity contribution is 5.80. The molecule has 0 radical (unpaired) electrons. The summed E-state index contributed by atoms with van der Waals surface area (Å²) in [6.07, 6.45) is 5.32. The molecule has 8 nitrogen and oxygen atoms in total. The molecule has 0 amide bonds. The Morgan fingerprint density at radius 3 is 2.50 bits per heavy atom. The van der Waals surface area contributed by atoms with Gasteiger partial charge in [0.15, 0.2) is 11.7 Å². The van der Waals surface area contributed by atoms with Crippen molar-refractivity contribution in [1.29, 1.82) is 0 Å². The number of rotatable bonds is 5. The number of guanidine groups is 1. The predicted octanol–water partition coefficient (Wildman–Crippen LogP) is 2.73. The molecule has 8 heteroatoms. The first-order chi connectivity index (χ1) is 14.7. The molecule has 3 heterocycles.